The molecule has 6 heteroatoms. The number of nitrogens with zero attached hydrogens (tertiary/aromatic N) is 1. The molecule has 3 unspecified atom stereocenters. The molecule has 1 rings (SSSR count). The number of nitrogens with one attached hydrogen (secondary N) is 1. The Labute approximate surface area is 112 Å². The van der Waals surface area contributed by atoms with Crippen LogP contribution in [-0.2, 0) is 4.79 Å². The molecule has 2 amide bonds. The zero-order valence-electron chi connectivity index (χ0n) is 11.2. The summed E-state index contributed by atoms with van der Waals surface area (Å²) in [6.07, 6.45) is 1.20. The first kappa shape index (κ1) is 15.1. The van der Waals surface area contributed by atoms with E-state index in [1.165, 1.54) is 0 Å². The molecular formula is C12H22N2O3S. The van der Waals surface area contributed by atoms with Crippen molar-refractivity contribution in [2.45, 2.75) is 50.9 Å². The van der Waals surface area contributed by atoms with Crippen molar-refractivity contribution in [2.75, 3.05) is 12.3 Å². The maximum absolute atomic E-state index is 12.1. The summed E-state index contributed by atoms with van der Waals surface area (Å²) in [5.74, 6) is -0.0537. The molecule has 1 fully saturated rings. The Kier molecular flexibility index (Phi) is 5.78. The summed E-state index contributed by atoms with van der Waals surface area (Å²) in [5.41, 5.74) is 0. The SMILES string of the molecule is CCCC(NC(=O)N1CCSC(C)C1C)C(=O)O. The fourth-order valence-electron chi connectivity index (χ4n) is 2.00. The Morgan fingerprint density at radius 3 is 2.72 bits per heavy atom. The molecule has 1 saturated heterocycles. The summed E-state index contributed by atoms with van der Waals surface area (Å²) in [5, 5.41) is 12.0. The Hall–Kier alpha value is -0.910. The average molecular weight is 274 g/mol. The monoisotopic (exact) mass is 274 g/mol. The number of rotatable bonds is 4. The maximum Gasteiger partial charge on any atom is 0.326 e. The number of carbonyl (C=O) groups excluding carboxylic acids is 1. The molecule has 2 N–H and O–H groups in total. The van der Waals surface area contributed by atoms with Crippen LogP contribution < -0.4 is 5.32 Å². The third-order valence-electron chi connectivity index (χ3n) is 3.32. The summed E-state index contributed by atoms with van der Waals surface area (Å²) in [7, 11) is 0. The number of carbonyl (C=O) groups is 2. The maximum atomic E-state index is 12.1. The molecule has 1 aliphatic rings. The molecule has 0 aliphatic carbocycles. The summed E-state index contributed by atoms with van der Waals surface area (Å²) in [4.78, 5) is 24.8. The third-order valence-corrected chi connectivity index (χ3v) is 4.66. The van der Waals surface area contributed by atoms with Crippen molar-refractivity contribution in [3.8, 4) is 0 Å². The zero-order chi connectivity index (χ0) is 13.7. The normalized spacial score (nSPS) is 25.6. The van der Waals surface area contributed by atoms with Crippen molar-refractivity contribution in [1.29, 1.82) is 0 Å². The topological polar surface area (TPSA) is 69.6 Å². The van der Waals surface area contributed by atoms with Crippen molar-refractivity contribution in [3.05, 3.63) is 0 Å². The van der Waals surface area contributed by atoms with E-state index >= 15 is 0 Å². The first-order chi connectivity index (χ1) is 8.47. The van der Waals surface area contributed by atoms with Gasteiger partial charge in [0.1, 0.15) is 6.04 Å². The van der Waals surface area contributed by atoms with E-state index in [0.717, 1.165) is 12.2 Å². The van der Waals surface area contributed by atoms with E-state index in [9.17, 15) is 9.59 Å². The van der Waals surface area contributed by atoms with E-state index in [1.54, 1.807) is 4.90 Å². The Morgan fingerprint density at radius 2 is 2.17 bits per heavy atom. The summed E-state index contributed by atoms with van der Waals surface area (Å²) < 4.78 is 0. The van der Waals surface area contributed by atoms with Crippen molar-refractivity contribution >= 4 is 23.8 Å². The van der Waals surface area contributed by atoms with Crippen LogP contribution in [0.15, 0.2) is 0 Å². The van der Waals surface area contributed by atoms with Crippen LogP contribution in [0.5, 0.6) is 0 Å². The van der Waals surface area contributed by atoms with Crippen LogP contribution >= 0.6 is 11.8 Å². The number of amides is 2. The van der Waals surface area contributed by atoms with Crippen LogP contribution in [0.2, 0.25) is 0 Å². The quantitative estimate of drug-likeness (QED) is 0.820. The number of aliphatic carboxylic acids is 1. The number of thioether (sulfide) groups is 1. The summed E-state index contributed by atoms with van der Waals surface area (Å²) in [6.45, 7) is 6.69. The predicted molar refractivity (Wildman–Crippen MR) is 73.0 cm³/mol. The second-order valence-electron chi connectivity index (χ2n) is 4.64. The van der Waals surface area contributed by atoms with Crippen LogP contribution in [0.25, 0.3) is 0 Å². The van der Waals surface area contributed by atoms with Gasteiger partial charge >= 0.3 is 12.0 Å². The van der Waals surface area contributed by atoms with E-state index in [2.05, 4.69) is 12.2 Å². The van der Waals surface area contributed by atoms with Gasteiger partial charge in [0, 0.05) is 23.6 Å². The molecule has 5 nitrogen and oxygen atoms in total. The zero-order valence-corrected chi connectivity index (χ0v) is 12.0. The summed E-state index contributed by atoms with van der Waals surface area (Å²) >= 11 is 1.84. The summed E-state index contributed by atoms with van der Waals surface area (Å²) in [6, 6.07) is -0.894. The Balaban J connectivity index is 2.60. The highest BCUT2D eigenvalue weighted by molar-refractivity contribution is 8.00. The second-order valence-corrected chi connectivity index (χ2v) is 6.12. The molecule has 3 atom stereocenters. The van der Waals surface area contributed by atoms with Gasteiger partial charge in [0.25, 0.3) is 0 Å². The first-order valence-corrected chi connectivity index (χ1v) is 7.43. The molecule has 1 heterocycles. The van der Waals surface area contributed by atoms with Crippen LogP contribution in [-0.4, -0.2) is 51.6 Å². The van der Waals surface area contributed by atoms with Gasteiger partial charge in [0.15, 0.2) is 0 Å². The van der Waals surface area contributed by atoms with E-state index in [0.29, 0.717) is 18.2 Å². The van der Waals surface area contributed by atoms with E-state index in [4.69, 9.17) is 5.11 Å². The van der Waals surface area contributed by atoms with Crippen LogP contribution in [0.1, 0.15) is 33.6 Å². The number of urea groups is 1. The first-order valence-electron chi connectivity index (χ1n) is 6.39. The van der Waals surface area contributed by atoms with Gasteiger partial charge in [0.2, 0.25) is 0 Å². The smallest absolute Gasteiger partial charge is 0.326 e. The van der Waals surface area contributed by atoms with Gasteiger partial charge in [-0.3, -0.25) is 0 Å². The van der Waals surface area contributed by atoms with Gasteiger partial charge in [-0.15, -0.1) is 0 Å². The molecule has 0 aromatic rings. The molecule has 18 heavy (non-hydrogen) atoms. The van der Waals surface area contributed by atoms with Crippen molar-refractivity contribution in [3.63, 3.8) is 0 Å². The third kappa shape index (κ3) is 3.80. The highest BCUT2D eigenvalue weighted by Crippen LogP contribution is 2.24. The standard InChI is InChI=1S/C12H22N2O3S/c1-4-5-10(11(15)16)13-12(17)14-6-7-18-9(3)8(14)2/h8-10H,4-7H2,1-3H3,(H,13,17)(H,15,16). The van der Waals surface area contributed by atoms with Gasteiger partial charge in [0.05, 0.1) is 0 Å². The number of hydrogen-bond donors (Lipinski definition) is 2. The van der Waals surface area contributed by atoms with Crippen LogP contribution in [0.4, 0.5) is 4.79 Å². The molecule has 0 bridgehead atoms. The highest BCUT2D eigenvalue weighted by atomic mass is 32.2. The Bertz CT molecular complexity index is 312. The van der Waals surface area contributed by atoms with Gasteiger partial charge in [-0.2, -0.15) is 11.8 Å². The number of carboxylic acid groups (broad SMARTS) is 1. The highest BCUT2D eigenvalue weighted by Gasteiger charge is 2.30. The number of carboxylic acids is 1. The molecule has 104 valence electrons. The van der Waals surface area contributed by atoms with Crippen molar-refractivity contribution < 1.29 is 14.7 Å². The van der Waals surface area contributed by atoms with Crippen LogP contribution in [0.3, 0.4) is 0 Å². The second kappa shape index (κ2) is 6.87. The molecule has 0 saturated carbocycles. The minimum atomic E-state index is -0.961. The van der Waals surface area contributed by atoms with Crippen molar-refractivity contribution in [1.82, 2.24) is 10.2 Å². The minimum absolute atomic E-state index is 0.139. The molecule has 1 aliphatic heterocycles. The fraction of sp³-hybridized carbons (Fsp3) is 0.833. The molecule has 0 aromatic carbocycles. The molecule has 0 radical (unpaired) electrons. The van der Waals surface area contributed by atoms with E-state index in [-0.39, 0.29) is 12.1 Å². The lowest BCUT2D eigenvalue weighted by Gasteiger charge is -2.37. The number of hydrogen-bond acceptors (Lipinski definition) is 3. The lowest BCUT2D eigenvalue weighted by molar-refractivity contribution is -0.139. The van der Waals surface area contributed by atoms with Gasteiger partial charge in [-0.05, 0) is 13.3 Å². The van der Waals surface area contributed by atoms with Crippen molar-refractivity contribution in [2.24, 2.45) is 0 Å². The average Bonchev–Trinajstić information content (AvgIpc) is 2.31. The molecular weight excluding hydrogens is 252 g/mol. The molecule has 0 aromatic heterocycles. The lowest BCUT2D eigenvalue weighted by atomic mass is 10.1. The van der Waals surface area contributed by atoms with Gasteiger partial charge < -0.3 is 15.3 Å². The largest absolute Gasteiger partial charge is 0.480 e. The van der Waals surface area contributed by atoms with E-state index in [1.807, 2.05) is 25.6 Å². The molecule has 0 spiro atoms. The minimum Gasteiger partial charge on any atom is -0.480 e. The van der Waals surface area contributed by atoms with Gasteiger partial charge in [-0.25, -0.2) is 9.59 Å². The van der Waals surface area contributed by atoms with E-state index < -0.39 is 12.0 Å². The van der Waals surface area contributed by atoms with Gasteiger partial charge in [-0.1, -0.05) is 20.3 Å². The lowest BCUT2D eigenvalue weighted by Crippen LogP contribution is -2.55. The predicted octanol–water partition coefficient (Wildman–Crippen LogP) is 1.78. The Morgan fingerprint density at radius 1 is 1.50 bits per heavy atom. The fourth-order valence-corrected chi connectivity index (χ4v) is 3.10. The van der Waals surface area contributed by atoms with Crippen LogP contribution in [0, 0.1) is 0 Å².